The van der Waals surface area contributed by atoms with Gasteiger partial charge in [-0.15, -0.1) is 0 Å². The number of piperidine rings is 1. The van der Waals surface area contributed by atoms with Crippen molar-refractivity contribution in [3.63, 3.8) is 0 Å². The van der Waals surface area contributed by atoms with Crippen molar-refractivity contribution >= 4 is 23.3 Å². The van der Waals surface area contributed by atoms with Crippen molar-refractivity contribution in [2.45, 2.75) is 101 Å². The molecule has 1 saturated heterocycles. The fourth-order valence-corrected chi connectivity index (χ4v) is 9.77. The second kappa shape index (κ2) is 12.8. The quantitative estimate of drug-likeness (QED) is 0.294. The molecule has 1 heterocycles. The van der Waals surface area contributed by atoms with Crippen LogP contribution >= 0.6 is 0 Å². The van der Waals surface area contributed by atoms with E-state index >= 15 is 8.78 Å². The van der Waals surface area contributed by atoms with E-state index in [1.54, 1.807) is 30.3 Å². The van der Waals surface area contributed by atoms with Crippen molar-refractivity contribution in [3.8, 4) is 0 Å². The predicted octanol–water partition coefficient (Wildman–Crippen LogP) is 9.25. The molecule has 0 aromatic heterocycles. The van der Waals surface area contributed by atoms with Gasteiger partial charge in [-0.2, -0.15) is 22.0 Å². The van der Waals surface area contributed by atoms with Gasteiger partial charge in [0.25, 0.3) is 0 Å². The van der Waals surface area contributed by atoms with Gasteiger partial charge in [-0.3, -0.25) is 10.1 Å². The van der Waals surface area contributed by atoms with Gasteiger partial charge in [0, 0.05) is 42.2 Å². The maximum Gasteiger partial charge on any atom is 0.456 e. The third-order valence-electron chi connectivity index (χ3n) is 12.3. The second-order valence-corrected chi connectivity index (χ2v) is 15.0. The van der Waals surface area contributed by atoms with E-state index in [1.165, 1.54) is 13.3 Å². The lowest BCUT2D eigenvalue weighted by molar-refractivity contribution is -0.362. The number of fused-ring (bicyclic) bond motifs is 4. The SMILES string of the molecule is C[C@]12C[C@H](c3ccc(COC(=O)Nc4ccc(N5CCCCC5)cc4)cc3)C3=C4CCC(=O)C=C4CC[C@H]3[C@@H]1CC[C@@]2(O)C(F)(F)C(F)(F)F. The maximum absolute atomic E-state index is 15.3. The minimum absolute atomic E-state index is 0.0305. The first-order valence-corrected chi connectivity index (χ1v) is 17.7. The highest BCUT2D eigenvalue weighted by Crippen LogP contribution is 2.70. The Kier molecular flexibility index (Phi) is 8.88. The summed E-state index contributed by atoms with van der Waals surface area (Å²) in [6.45, 7) is 3.41. The van der Waals surface area contributed by atoms with Gasteiger partial charge in [-0.1, -0.05) is 36.8 Å². The number of alkyl halides is 5. The maximum atomic E-state index is 15.3. The van der Waals surface area contributed by atoms with Crippen LogP contribution in [0.4, 0.5) is 38.1 Å². The van der Waals surface area contributed by atoms with Crippen molar-refractivity contribution in [1.29, 1.82) is 0 Å². The second-order valence-electron chi connectivity index (χ2n) is 15.0. The molecule has 4 aliphatic carbocycles. The third-order valence-corrected chi connectivity index (χ3v) is 12.3. The number of ether oxygens (including phenoxy) is 1. The number of aliphatic hydroxyl groups is 1. The number of rotatable bonds is 6. The summed E-state index contributed by atoms with van der Waals surface area (Å²) >= 11 is 0. The van der Waals surface area contributed by atoms with Crippen molar-refractivity contribution < 1.29 is 41.4 Å². The summed E-state index contributed by atoms with van der Waals surface area (Å²) in [6, 6.07) is 14.8. The Hall–Kier alpha value is -3.73. The summed E-state index contributed by atoms with van der Waals surface area (Å²) in [6.07, 6.45) is -0.0873. The zero-order valence-electron chi connectivity index (χ0n) is 28.1. The topological polar surface area (TPSA) is 78.9 Å². The van der Waals surface area contributed by atoms with E-state index in [0.29, 0.717) is 36.9 Å². The highest BCUT2D eigenvalue weighted by atomic mass is 19.4. The van der Waals surface area contributed by atoms with E-state index in [-0.39, 0.29) is 31.1 Å². The van der Waals surface area contributed by atoms with E-state index in [1.807, 2.05) is 24.3 Å². The Morgan fingerprint density at radius 1 is 0.960 bits per heavy atom. The fourth-order valence-electron chi connectivity index (χ4n) is 9.77. The number of allylic oxidation sites excluding steroid dienone is 4. The molecule has 0 radical (unpaired) electrons. The van der Waals surface area contributed by atoms with Crippen LogP contribution in [0, 0.1) is 17.3 Å². The molecule has 268 valence electrons. The van der Waals surface area contributed by atoms with Gasteiger partial charge in [0.2, 0.25) is 0 Å². The summed E-state index contributed by atoms with van der Waals surface area (Å²) in [5.41, 5.74) is 1.07. The molecule has 3 fully saturated rings. The van der Waals surface area contributed by atoms with Crippen LogP contribution in [-0.4, -0.2) is 47.8 Å². The van der Waals surface area contributed by atoms with Crippen molar-refractivity contribution in [2.24, 2.45) is 17.3 Å². The van der Waals surface area contributed by atoms with E-state index in [9.17, 15) is 27.9 Å². The first-order valence-electron chi connectivity index (χ1n) is 17.7. The summed E-state index contributed by atoms with van der Waals surface area (Å²) in [4.78, 5) is 27.2. The number of carbonyl (C=O) groups excluding carboxylic acids is 2. The van der Waals surface area contributed by atoms with Crippen LogP contribution < -0.4 is 10.2 Å². The molecule has 5 aliphatic rings. The number of hydrogen-bond acceptors (Lipinski definition) is 5. The summed E-state index contributed by atoms with van der Waals surface area (Å²) in [7, 11) is 0. The molecule has 2 N–H and O–H groups in total. The molecule has 0 bridgehead atoms. The normalized spacial score (nSPS) is 29.9. The number of ketones is 1. The third kappa shape index (κ3) is 5.83. The molecule has 2 aromatic carbocycles. The molecule has 7 rings (SSSR count). The fraction of sp³-hybridized carbons (Fsp3) is 0.538. The lowest BCUT2D eigenvalue weighted by atomic mass is 9.50. The summed E-state index contributed by atoms with van der Waals surface area (Å²) in [5.74, 6) is -6.65. The molecular weight excluding hydrogens is 655 g/mol. The van der Waals surface area contributed by atoms with Gasteiger partial charge in [0.05, 0.1) is 0 Å². The lowest BCUT2D eigenvalue weighted by Crippen LogP contribution is -2.65. The molecule has 0 spiro atoms. The van der Waals surface area contributed by atoms with Gasteiger partial charge >= 0.3 is 18.2 Å². The Labute approximate surface area is 288 Å². The number of benzene rings is 2. The first kappa shape index (κ1) is 34.7. The minimum Gasteiger partial charge on any atom is -0.444 e. The number of halogens is 5. The average molecular weight is 699 g/mol. The van der Waals surface area contributed by atoms with E-state index < -0.39 is 47.5 Å². The number of nitrogens with one attached hydrogen (secondary N) is 1. The first-order chi connectivity index (χ1) is 23.7. The monoisotopic (exact) mass is 698 g/mol. The zero-order chi connectivity index (χ0) is 35.5. The van der Waals surface area contributed by atoms with Crippen molar-refractivity contribution in [3.05, 3.63) is 82.5 Å². The molecule has 1 amide bonds. The van der Waals surface area contributed by atoms with Crippen LogP contribution in [-0.2, 0) is 16.1 Å². The van der Waals surface area contributed by atoms with Crippen LogP contribution in [0.1, 0.15) is 88.2 Å². The van der Waals surface area contributed by atoms with E-state index in [0.717, 1.165) is 53.9 Å². The Morgan fingerprint density at radius 3 is 2.34 bits per heavy atom. The van der Waals surface area contributed by atoms with Crippen LogP contribution in [0.3, 0.4) is 0 Å². The summed E-state index contributed by atoms with van der Waals surface area (Å²) in [5, 5.41) is 14.2. The number of nitrogens with zero attached hydrogens (tertiary/aromatic N) is 1. The molecule has 5 atom stereocenters. The largest absolute Gasteiger partial charge is 0.456 e. The minimum atomic E-state index is -5.90. The number of amides is 1. The molecule has 50 heavy (non-hydrogen) atoms. The molecule has 6 nitrogen and oxygen atoms in total. The molecule has 2 aromatic rings. The van der Waals surface area contributed by atoms with Gasteiger partial charge in [0.1, 0.15) is 12.2 Å². The molecule has 2 saturated carbocycles. The number of carbonyl (C=O) groups is 2. The standard InChI is InChI=1S/C39H43F5N2O4/c1-36-22-32(25-7-5-24(6-8-25)23-50-35(48)45-27-10-12-28(13-11-27)46-19-3-2-4-20-46)34-30-16-14-29(47)21-26(30)9-15-31(34)33(36)17-18-37(36,49)38(40,41)39(42,43)44/h5-8,10-13,21,31-33,49H,2-4,9,14-20,22-23H2,1H3,(H,45,48)/t31-,32+,33-,36-,37-/m0/s1. The highest BCUT2D eigenvalue weighted by Gasteiger charge is 2.79. The predicted molar refractivity (Wildman–Crippen MR) is 179 cm³/mol. The van der Waals surface area contributed by atoms with Crippen LogP contribution in [0.2, 0.25) is 0 Å². The highest BCUT2D eigenvalue weighted by molar-refractivity contribution is 5.93. The van der Waals surface area contributed by atoms with Crippen LogP contribution in [0.25, 0.3) is 0 Å². The van der Waals surface area contributed by atoms with Crippen LogP contribution in [0.15, 0.2) is 71.3 Å². The Morgan fingerprint density at radius 2 is 1.66 bits per heavy atom. The molecule has 1 aliphatic heterocycles. The van der Waals surface area contributed by atoms with Gasteiger partial charge < -0.3 is 14.7 Å². The van der Waals surface area contributed by atoms with Crippen LogP contribution in [0.5, 0.6) is 0 Å². The lowest BCUT2D eigenvalue weighted by Gasteiger charge is -2.56. The van der Waals surface area contributed by atoms with E-state index in [4.69, 9.17) is 4.74 Å². The average Bonchev–Trinajstić information content (AvgIpc) is 3.38. The van der Waals surface area contributed by atoms with E-state index in [2.05, 4.69) is 10.2 Å². The Bertz CT molecular complexity index is 1700. The molecule has 11 heteroatoms. The summed E-state index contributed by atoms with van der Waals surface area (Å²) < 4.78 is 77.5. The van der Waals surface area contributed by atoms with Gasteiger partial charge in [-0.05, 0) is 122 Å². The van der Waals surface area contributed by atoms with Crippen molar-refractivity contribution in [1.82, 2.24) is 0 Å². The number of anilines is 2. The molecule has 0 unspecified atom stereocenters. The van der Waals surface area contributed by atoms with Gasteiger partial charge in [-0.25, -0.2) is 4.79 Å². The smallest absolute Gasteiger partial charge is 0.444 e. The molecular formula is C39H43F5N2O4. The van der Waals surface area contributed by atoms with Gasteiger partial charge in [0.15, 0.2) is 5.78 Å². The van der Waals surface area contributed by atoms with Crippen molar-refractivity contribution in [2.75, 3.05) is 23.3 Å². The zero-order valence-corrected chi connectivity index (χ0v) is 28.1. The number of hydrogen-bond donors (Lipinski definition) is 2. The Balaban J connectivity index is 1.11.